The molecule has 0 radical (unpaired) electrons. The van der Waals surface area contributed by atoms with Gasteiger partial charge in [-0.1, -0.05) is 38.1 Å². The van der Waals surface area contributed by atoms with E-state index in [9.17, 15) is 5.11 Å². The standard InChI is InChI=1S/C15H22N2O/c1-15(2,8-5-9-16)12-17-10-13-6-3-4-7-14(13)11-18/h3-4,6-7,17-18H,5,8,10-12H2,1-2H3. The lowest BCUT2D eigenvalue weighted by Gasteiger charge is -2.24. The zero-order valence-electron chi connectivity index (χ0n) is 11.2. The predicted octanol–water partition coefficient (Wildman–Crippen LogP) is 2.60. The number of aliphatic hydroxyl groups is 1. The van der Waals surface area contributed by atoms with Gasteiger partial charge in [-0.25, -0.2) is 0 Å². The van der Waals surface area contributed by atoms with Crippen LogP contribution in [0.15, 0.2) is 24.3 Å². The second-order valence-electron chi connectivity index (χ2n) is 5.35. The number of hydrogen-bond donors (Lipinski definition) is 2. The summed E-state index contributed by atoms with van der Waals surface area (Å²) in [5.41, 5.74) is 2.24. The normalized spacial score (nSPS) is 11.2. The molecule has 0 aliphatic carbocycles. The summed E-state index contributed by atoms with van der Waals surface area (Å²) in [6.07, 6.45) is 1.50. The Labute approximate surface area is 109 Å². The molecule has 0 bridgehead atoms. The predicted molar refractivity (Wildman–Crippen MR) is 72.7 cm³/mol. The fourth-order valence-electron chi connectivity index (χ4n) is 1.90. The molecular weight excluding hydrogens is 224 g/mol. The summed E-state index contributed by atoms with van der Waals surface area (Å²) in [6, 6.07) is 10.1. The maximum absolute atomic E-state index is 9.23. The quantitative estimate of drug-likeness (QED) is 0.777. The number of nitrogens with one attached hydrogen (secondary N) is 1. The summed E-state index contributed by atoms with van der Waals surface area (Å²) >= 11 is 0. The van der Waals surface area contributed by atoms with Crippen molar-refractivity contribution in [2.75, 3.05) is 6.54 Å². The van der Waals surface area contributed by atoms with Crippen LogP contribution in [0, 0.1) is 16.7 Å². The Hall–Kier alpha value is -1.37. The summed E-state index contributed by atoms with van der Waals surface area (Å²) in [4.78, 5) is 0. The van der Waals surface area contributed by atoms with E-state index in [1.807, 2.05) is 24.3 Å². The summed E-state index contributed by atoms with van der Waals surface area (Å²) in [7, 11) is 0. The van der Waals surface area contributed by atoms with Crippen molar-refractivity contribution in [1.82, 2.24) is 5.32 Å². The molecule has 18 heavy (non-hydrogen) atoms. The average Bonchev–Trinajstić information content (AvgIpc) is 2.37. The van der Waals surface area contributed by atoms with Gasteiger partial charge in [-0.05, 0) is 23.0 Å². The van der Waals surface area contributed by atoms with Gasteiger partial charge in [0.2, 0.25) is 0 Å². The molecule has 0 saturated heterocycles. The maximum Gasteiger partial charge on any atom is 0.0685 e. The molecule has 0 saturated carbocycles. The lowest BCUT2D eigenvalue weighted by molar-refractivity contribution is 0.279. The molecule has 0 unspecified atom stereocenters. The van der Waals surface area contributed by atoms with Crippen molar-refractivity contribution in [2.45, 2.75) is 39.8 Å². The van der Waals surface area contributed by atoms with Gasteiger partial charge in [0.15, 0.2) is 0 Å². The highest BCUT2D eigenvalue weighted by atomic mass is 16.3. The zero-order chi connectivity index (χ0) is 13.4. The highest BCUT2D eigenvalue weighted by Crippen LogP contribution is 2.21. The van der Waals surface area contributed by atoms with Crippen LogP contribution in [0.3, 0.4) is 0 Å². The van der Waals surface area contributed by atoms with Gasteiger partial charge in [0.1, 0.15) is 0 Å². The zero-order valence-corrected chi connectivity index (χ0v) is 11.2. The molecule has 1 aromatic rings. The van der Waals surface area contributed by atoms with Gasteiger partial charge < -0.3 is 10.4 Å². The van der Waals surface area contributed by atoms with Crippen molar-refractivity contribution >= 4 is 0 Å². The molecular formula is C15H22N2O. The van der Waals surface area contributed by atoms with E-state index in [0.717, 1.165) is 30.6 Å². The minimum Gasteiger partial charge on any atom is -0.392 e. The second kappa shape index (κ2) is 7.15. The number of aliphatic hydroxyl groups excluding tert-OH is 1. The number of benzene rings is 1. The van der Waals surface area contributed by atoms with Gasteiger partial charge in [0, 0.05) is 19.5 Å². The van der Waals surface area contributed by atoms with Gasteiger partial charge in [-0.2, -0.15) is 5.26 Å². The fraction of sp³-hybridized carbons (Fsp3) is 0.533. The Bertz CT molecular complexity index is 407. The molecule has 1 aromatic carbocycles. The minimum atomic E-state index is 0.0790. The Kier molecular flexibility index (Phi) is 5.84. The van der Waals surface area contributed by atoms with Crippen LogP contribution in [0.25, 0.3) is 0 Å². The molecule has 0 spiro atoms. The van der Waals surface area contributed by atoms with Crippen LogP contribution >= 0.6 is 0 Å². The van der Waals surface area contributed by atoms with Crippen LogP contribution in [0.2, 0.25) is 0 Å². The van der Waals surface area contributed by atoms with Crippen LogP contribution in [0.4, 0.5) is 0 Å². The van der Waals surface area contributed by atoms with Crippen LogP contribution in [-0.4, -0.2) is 11.7 Å². The molecule has 2 N–H and O–H groups in total. The van der Waals surface area contributed by atoms with Crippen LogP contribution in [-0.2, 0) is 13.2 Å². The number of rotatable bonds is 7. The van der Waals surface area contributed by atoms with E-state index in [1.54, 1.807) is 0 Å². The summed E-state index contributed by atoms with van der Waals surface area (Å²) in [5, 5.41) is 21.2. The molecule has 0 fully saturated rings. The molecule has 0 atom stereocenters. The van der Waals surface area contributed by atoms with Crippen LogP contribution in [0.5, 0.6) is 0 Å². The Morgan fingerprint density at radius 2 is 1.94 bits per heavy atom. The van der Waals surface area contributed by atoms with Gasteiger partial charge in [-0.3, -0.25) is 0 Å². The van der Waals surface area contributed by atoms with Gasteiger partial charge >= 0.3 is 0 Å². The van der Waals surface area contributed by atoms with Crippen molar-refractivity contribution in [3.05, 3.63) is 35.4 Å². The van der Waals surface area contributed by atoms with E-state index < -0.39 is 0 Å². The number of nitrogens with zero attached hydrogens (tertiary/aromatic N) is 1. The van der Waals surface area contributed by atoms with E-state index in [2.05, 4.69) is 25.2 Å². The summed E-state index contributed by atoms with van der Waals surface area (Å²) < 4.78 is 0. The topological polar surface area (TPSA) is 56.0 Å². The molecule has 1 rings (SSSR count). The number of hydrogen-bond acceptors (Lipinski definition) is 3. The van der Waals surface area contributed by atoms with Crippen LogP contribution in [0.1, 0.15) is 37.8 Å². The molecule has 0 amide bonds. The SMILES string of the molecule is CC(C)(CCC#N)CNCc1ccccc1CO. The van der Waals surface area contributed by atoms with Crippen molar-refractivity contribution in [2.24, 2.45) is 5.41 Å². The van der Waals surface area contributed by atoms with Gasteiger partial charge in [0.05, 0.1) is 12.7 Å². The summed E-state index contributed by atoms with van der Waals surface area (Å²) in [6.45, 7) is 6.03. The first kappa shape index (κ1) is 14.7. The molecule has 0 aliphatic heterocycles. The third-order valence-electron chi connectivity index (χ3n) is 3.12. The van der Waals surface area contributed by atoms with Crippen LogP contribution < -0.4 is 5.32 Å². The van der Waals surface area contributed by atoms with E-state index in [1.165, 1.54) is 0 Å². The third-order valence-corrected chi connectivity index (χ3v) is 3.12. The first-order valence-electron chi connectivity index (χ1n) is 6.34. The molecule has 0 aromatic heterocycles. The maximum atomic E-state index is 9.23. The van der Waals surface area contributed by atoms with E-state index in [-0.39, 0.29) is 12.0 Å². The fourth-order valence-corrected chi connectivity index (χ4v) is 1.90. The highest BCUT2D eigenvalue weighted by Gasteiger charge is 2.16. The number of nitriles is 1. The molecule has 0 aliphatic rings. The Morgan fingerprint density at radius 3 is 2.56 bits per heavy atom. The molecule has 3 heteroatoms. The van der Waals surface area contributed by atoms with E-state index in [4.69, 9.17) is 5.26 Å². The van der Waals surface area contributed by atoms with Gasteiger partial charge in [-0.15, -0.1) is 0 Å². The average molecular weight is 246 g/mol. The van der Waals surface area contributed by atoms with Crippen molar-refractivity contribution in [1.29, 1.82) is 5.26 Å². The van der Waals surface area contributed by atoms with Crippen molar-refractivity contribution in [3.63, 3.8) is 0 Å². The first-order chi connectivity index (χ1) is 8.59. The van der Waals surface area contributed by atoms with Crippen molar-refractivity contribution < 1.29 is 5.11 Å². The largest absolute Gasteiger partial charge is 0.392 e. The van der Waals surface area contributed by atoms with E-state index in [0.29, 0.717) is 6.42 Å². The molecule has 3 nitrogen and oxygen atoms in total. The van der Waals surface area contributed by atoms with Gasteiger partial charge in [0.25, 0.3) is 0 Å². The Balaban J connectivity index is 2.44. The third kappa shape index (κ3) is 4.87. The van der Waals surface area contributed by atoms with Crippen molar-refractivity contribution in [3.8, 4) is 6.07 Å². The lowest BCUT2D eigenvalue weighted by Crippen LogP contribution is -2.29. The highest BCUT2D eigenvalue weighted by molar-refractivity contribution is 5.26. The van der Waals surface area contributed by atoms with E-state index >= 15 is 0 Å². The Morgan fingerprint density at radius 1 is 1.28 bits per heavy atom. The monoisotopic (exact) mass is 246 g/mol. The smallest absolute Gasteiger partial charge is 0.0685 e. The first-order valence-corrected chi connectivity index (χ1v) is 6.34. The second-order valence-corrected chi connectivity index (χ2v) is 5.35. The molecule has 98 valence electrons. The minimum absolute atomic E-state index is 0.0790. The molecule has 0 heterocycles. The lowest BCUT2D eigenvalue weighted by atomic mass is 9.88. The summed E-state index contributed by atoms with van der Waals surface area (Å²) in [5.74, 6) is 0.